The van der Waals surface area contributed by atoms with Crippen molar-refractivity contribution in [1.82, 2.24) is 9.78 Å². The number of nitrogens with zero attached hydrogens (tertiary/aromatic N) is 2. The molecule has 1 N–H and O–H groups in total. The first-order valence-electron chi connectivity index (χ1n) is 7.74. The molecular weight excluding hydrogens is 358 g/mol. The molecule has 1 aromatic carbocycles. The van der Waals surface area contributed by atoms with Gasteiger partial charge in [-0.1, -0.05) is 6.07 Å². The molecule has 136 valence electrons. The molecule has 0 saturated carbocycles. The van der Waals surface area contributed by atoms with E-state index < -0.39 is 5.76 Å². The Bertz CT molecular complexity index is 946. The van der Waals surface area contributed by atoms with Crippen molar-refractivity contribution < 1.29 is 18.7 Å². The van der Waals surface area contributed by atoms with Crippen LogP contribution in [-0.4, -0.2) is 29.9 Å². The number of amides is 1. The molecule has 8 nitrogen and oxygen atoms in total. The van der Waals surface area contributed by atoms with Crippen molar-refractivity contribution in [2.45, 2.75) is 13.0 Å². The van der Waals surface area contributed by atoms with Crippen LogP contribution in [0.25, 0.3) is 10.8 Å². The smallest absolute Gasteiger partial charge is 0.437 e. The SMILES string of the molecule is COc1ccc(NC(=O)CCn2nc(-c3cccs3)oc2=O)cc1OC. The van der Waals surface area contributed by atoms with E-state index in [0.29, 0.717) is 17.2 Å². The van der Waals surface area contributed by atoms with Crippen LogP contribution in [0, 0.1) is 0 Å². The van der Waals surface area contributed by atoms with Gasteiger partial charge < -0.3 is 19.2 Å². The zero-order valence-electron chi connectivity index (χ0n) is 14.2. The van der Waals surface area contributed by atoms with Crippen LogP contribution in [0.4, 0.5) is 5.69 Å². The van der Waals surface area contributed by atoms with Gasteiger partial charge in [-0.15, -0.1) is 16.4 Å². The van der Waals surface area contributed by atoms with E-state index in [9.17, 15) is 9.59 Å². The molecule has 0 aliphatic heterocycles. The molecule has 26 heavy (non-hydrogen) atoms. The fraction of sp³-hybridized carbons (Fsp3) is 0.235. The van der Waals surface area contributed by atoms with E-state index in [-0.39, 0.29) is 24.8 Å². The molecule has 0 bridgehead atoms. The van der Waals surface area contributed by atoms with Gasteiger partial charge in [-0.25, -0.2) is 4.79 Å². The largest absolute Gasteiger partial charge is 0.493 e. The van der Waals surface area contributed by atoms with E-state index in [1.54, 1.807) is 18.2 Å². The summed E-state index contributed by atoms with van der Waals surface area (Å²) >= 11 is 1.42. The van der Waals surface area contributed by atoms with E-state index in [0.717, 1.165) is 9.56 Å². The van der Waals surface area contributed by atoms with Crippen molar-refractivity contribution in [1.29, 1.82) is 0 Å². The lowest BCUT2D eigenvalue weighted by Gasteiger charge is -2.10. The Kier molecular flexibility index (Phi) is 5.37. The monoisotopic (exact) mass is 375 g/mol. The third kappa shape index (κ3) is 3.94. The van der Waals surface area contributed by atoms with E-state index >= 15 is 0 Å². The lowest BCUT2D eigenvalue weighted by Crippen LogP contribution is -2.20. The van der Waals surface area contributed by atoms with Crippen LogP contribution in [0.3, 0.4) is 0 Å². The van der Waals surface area contributed by atoms with Crippen molar-refractivity contribution in [3.8, 4) is 22.3 Å². The minimum atomic E-state index is -0.590. The molecule has 0 radical (unpaired) electrons. The van der Waals surface area contributed by atoms with Gasteiger partial charge in [0.25, 0.3) is 5.89 Å². The summed E-state index contributed by atoms with van der Waals surface area (Å²) in [4.78, 5) is 24.7. The molecular formula is C17H17N3O5S. The van der Waals surface area contributed by atoms with Crippen molar-refractivity contribution >= 4 is 22.9 Å². The van der Waals surface area contributed by atoms with Gasteiger partial charge in [-0.2, -0.15) is 4.68 Å². The highest BCUT2D eigenvalue weighted by atomic mass is 32.1. The van der Waals surface area contributed by atoms with Crippen molar-refractivity contribution in [2.24, 2.45) is 0 Å². The maximum Gasteiger partial charge on any atom is 0.437 e. The van der Waals surface area contributed by atoms with Gasteiger partial charge in [0.15, 0.2) is 11.5 Å². The van der Waals surface area contributed by atoms with Crippen LogP contribution in [0.1, 0.15) is 6.42 Å². The van der Waals surface area contributed by atoms with Crippen LogP contribution < -0.4 is 20.5 Å². The van der Waals surface area contributed by atoms with Gasteiger partial charge in [0.1, 0.15) is 0 Å². The molecule has 2 heterocycles. The Morgan fingerprint density at radius 3 is 2.77 bits per heavy atom. The van der Waals surface area contributed by atoms with Crippen molar-refractivity contribution in [3.05, 3.63) is 46.3 Å². The first kappa shape index (κ1) is 17.7. The Morgan fingerprint density at radius 1 is 1.27 bits per heavy atom. The van der Waals surface area contributed by atoms with Gasteiger partial charge in [0.2, 0.25) is 5.91 Å². The fourth-order valence-electron chi connectivity index (χ4n) is 2.29. The molecule has 0 aliphatic carbocycles. The van der Waals surface area contributed by atoms with E-state index in [4.69, 9.17) is 13.9 Å². The summed E-state index contributed by atoms with van der Waals surface area (Å²) in [5.41, 5.74) is 0.569. The summed E-state index contributed by atoms with van der Waals surface area (Å²) in [6.45, 7) is 0.118. The molecule has 0 spiro atoms. The lowest BCUT2D eigenvalue weighted by molar-refractivity contribution is -0.116. The van der Waals surface area contributed by atoms with Crippen LogP contribution in [0.2, 0.25) is 0 Å². The number of nitrogens with one attached hydrogen (secondary N) is 1. The number of benzene rings is 1. The molecule has 0 aliphatic rings. The summed E-state index contributed by atoms with van der Waals surface area (Å²) in [6, 6.07) is 8.72. The zero-order chi connectivity index (χ0) is 18.5. The normalized spacial score (nSPS) is 10.5. The van der Waals surface area contributed by atoms with Gasteiger partial charge in [0.05, 0.1) is 25.6 Å². The molecule has 2 aromatic heterocycles. The lowest BCUT2D eigenvalue weighted by atomic mass is 10.2. The minimum absolute atomic E-state index is 0.0741. The van der Waals surface area contributed by atoms with Crippen LogP contribution in [-0.2, 0) is 11.3 Å². The maximum atomic E-state index is 12.1. The van der Waals surface area contributed by atoms with Gasteiger partial charge in [-0.05, 0) is 23.6 Å². The third-order valence-corrected chi connectivity index (χ3v) is 4.41. The summed E-state index contributed by atoms with van der Waals surface area (Å²) in [7, 11) is 3.06. The molecule has 9 heteroatoms. The number of hydrogen-bond acceptors (Lipinski definition) is 7. The van der Waals surface area contributed by atoms with Crippen LogP contribution in [0.15, 0.2) is 44.9 Å². The quantitative estimate of drug-likeness (QED) is 0.682. The van der Waals surface area contributed by atoms with Crippen LogP contribution in [0.5, 0.6) is 11.5 Å². The Hall–Kier alpha value is -3.07. The highest BCUT2D eigenvalue weighted by Gasteiger charge is 2.13. The van der Waals surface area contributed by atoms with Crippen LogP contribution >= 0.6 is 11.3 Å². The topological polar surface area (TPSA) is 95.6 Å². The molecule has 3 aromatic rings. The number of thiophene rings is 1. The number of carbonyl (C=O) groups excluding carboxylic acids is 1. The third-order valence-electron chi connectivity index (χ3n) is 3.56. The van der Waals surface area contributed by atoms with Gasteiger partial charge in [0, 0.05) is 18.2 Å². The standard InChI is InChI=1S/C17H17N3O5S/c1-23-12-6-5-11(10-13(12)24-2)18-15(21)7-8-20-17(22)25-16(19-20)14-4-3-9-26-14/h3-6,9-10H,7-8H2,1-2H3,(H,18,21). The van der Waals surface area contributed by atoms with Crippen molar-refractivity contribution in [2.75, 3.05) is 19.5 Å². The predicted molar refractivity (Wildman–Crippen MR) is 96.9 cm³/mol. The summed E-state index contributed by atoms with van der Waals surface area (Å²) in [6.07, 6.45) is 0.0741. The Balaban J connectivity index is 1.62. The summed E-state index contributed by atoms with van der Waals surface area (Å²) in [5, 5.41) is 8.72. The summed E-state index contributed by atoms with van der Waals surface area (Å²) in [5.74, 6) is 0.488. The second-order valence-electron chi connectivity index (χ2n) is 5.24. The molecule has 1 amide bonds. The Morgan fingerprint density at radius 2 is 2.08 bits per heavy atom. The van der Waals surface area contributed by atoms with E-state index in [1.807, 2.05) is 17.5 Å². The molecule has 0 unspecified atom stereocenters. The van der Waals surface area contributed by atoms with E-state index in [2.05, 4.69) is 10.4 Å². The second-order valence-corrected chi connectivity index (χ2v) is 6.19. The number of hydrogen-bond donors (Lipinski definition) is 1. The highest BCUT2D eigenvalue weighted by Crippen LogP contribution is 2.29. The fourth-order valence-corrected chi connectivity index (χ4v) is 2.94. The number of rotatable bonds is 7. The molecule has 0 atom stereocenters. The first-order valence-corrected chi connectivity index (χ1v) is 8.62. The first-order chi connectivity index (χ1) is 12.6. The second kappa shape index (κ2) is 7.87. The molecule has 0 fully saturated rings. The zero-order valence-corrected chi connectivity index (χ0v) is 15.0. The number of aryl methyl sites for hydroxylation is 1. The average Bonchev–Trinajstić information content (AvgIpc) is 3.29. The number of methoxy groups -OCH3 is 2. The molecule has 0 saturated heterocycles. The Labute approximate surface area is 153 Å². The van der Waals surface area contributed by atoms with Crippen molar-refractivity contribution in [3.63, 3.8) is 0 Å². The molecule has 3 rings (SSSR count). The van der Waals surface area contributed by atoms with E-state index in [1.165, 1.54) is 25.6 Å². The number of aromatic nitrogens is 2. The maximum absolute atomic E-state index is 12.1. The number of carbonyl (C=O) groups is 1. The predicted octanol–water partition coefficient (Wildman–Crippen LogP) is 2.61. The highest BCUT2D eigenvalue weighted by molar-refractivity contribution is 7.13. The number of anilines is 1. The summed E-state index contributed by atoms with van der Waals surface area (Å²) < 4.78 is 16.6. The minimum Gasteiger partial charge on any atom is -0.493 e. The number of ether oxygens (including phenoxy) is 2. The van der Waals surface area contributed by atoms with Gasteiger partial charge >= 0.3 is 5.76 Å². The average molecular weight is 375 g/mol. The van der Waals surface area contributed by atoms with Gasteiger partial charge in [-0.3, -0.25) is 4.79 Å².